The molecule has 0 bridgehead atoms. The van der Waals surface area contributed by atoms with Crippen LogP contribution in [0.1, 0.15) is 38.2 Å². The van der Waals surface area contributed by atoms with E-state index in [1.54, 1.807) is 0 Å². The number of aliphatic hydroxyl groups is 1. The maximum atomic E-state index is 12.0. The second kappa shape index (κ2) is 8.38. The van der Waals surface area contributed by atoms with E-state index in [4.69, 9.17) is 0 Å². The second-order valence-electron chi connectivity index (χ2n) is 7.32. The Morgan fingerprint density at radius 1 is 1.33 bits per heavy atom. The normalized spacial score (nSPS) is 23.1. The van der Waals surface area contributed by atoms with E-state index in [1.165, 1.54) is 11.3 Å². The Morgan fingerprint density at radius 3 is 2.67 bits per heavy atom. The van der Waals surface area contributed by atoms with Gasteiger partial charge in [0.1, 0.15) is 0 Å². The summed E-state index contributed by atoms with van der Waals surface area (Å²) in [5, 5.41) is 15.5. The highest BCUT2D eigenvalue weighted by Gasteiger charge is 2.38. The molecule has 24 heavy (non-hydrogen) atoms. The number of rotatable bonds is 7. The second-order valence-corrected chi connectivity index (χ2v) is 7.32. The summed E-state index contributed by atoms with van der Waals surface area (Å²) in [7, 11) is 4.06. The average Bonchev–Trinajstić information content (AvgIpc) is 2.93. The number of aryl methyl sites for hydroxylation is 1. The van der Waals surface area contributed by atoms with Gasteiger partial charge in [-0.25, -0.2) is 4.79 Å². The average molecular weight is 333 g/mol. The van der Waals surface area contributed by atoms with Crippen LogP contribution in [0.2, 0.25) is 0 Å². The number of carbonyl (C=O) groups is 1. The molecule has 3 N–H and O–H groups in total. The molecular weight excluding hydrogens is 302 g/mol. The van der Waals surface area contributed by atoms with Gasteiger partial charge in [0.2, 0.25) is 0 Å². The minimum atomic E-state index is -0.175. The number of aliphatic hydroxyl groups excluding tert-OH is 1. The molecular formula is C19H31N3O2. The summed E-state index contributed by atoms with van der Waals surface area (Å²) in [6, 6.07) is 8.46. The van der Waals surface area contributed by atoms with Gasteiger partial charge in [0.25, 0.3) is 0 Å². The van der Waals surface area contributed by atoms with Gasteiger partial charge >= 0.3 is 6.03 Å². The topological polar surface area (TPSA) is 64.6 Å². The van der Waals surface area contributed by atoms with Crippen LogP contribution in [0.5, 0.6) is 0 Å². The van der Waals surface area contributed by atoms with Crippen LogP contribution in [0.4, 0.5) is 10.5 Å². The van der Waals surface area contributed by atoms with Crippen LogP contribution >= 0.6 is 0 Å². The smallest absolute Gasteiger partial charge is 0.315 e. The lowest BCUT2D eigenvalue weighted by Gasteiger charge is -2.30. The molecule has 134 valence electrons. The van der Waals surface area contributed by atoms with E-state index in [1.807, 2.05) is 21.0 Å². The Labute approximate surface area is 145 Å². The Hall–Kier alpha value is -1.75. The minimum Gasteiger partial charge on any atom is -0.396 e. The van der Waals surface area contributed by atoms with Crippen molar-refractivity contribution in [2.24, 2.45) is 5.41 Å². The van der Waals surface area contributed by atoms with Crippen LogP contribution in [-0.2, 0) is 6.42 Å². The van der Waals surface area contributed by atoms with Gasteiger partial charge in [0.15, 0.2) is 0 Å². The molecule has 1 fully saturated rings. The van der Waals surface area contributed by atoms with Crippen molar-refractivity contribution >= 4 is 11.7 Å². The number of hydrogen-bond donors (Lipinski definition) is 3. The molecule has 2 atom stereocenters. The van der Waals surface area contributed by atoms with Crippen molar-refractivity contribution in [1.29, 1.82) is 0 Å². The minimum absolute atomic E-state index is 0.0704. The van der Waals surface area contributed by atoms with E-state index in [0.717, 1.165) is 32.1 Å². The van der Waals surface area contributed by atoms with Gasteiger partial charge in [-0.15, -0.1) is 0 Å². The largest absolute Gasteiger partial charge is 0.396 e. The van der Waals surface area contributed by atoms with Gasteiger partial charge < -0.3 is 20.6 Å². The SMILES string of the molecule is CN(C)c1ccc(CCCNC(=O)NC2CCCC2(C)CO)cc1. The number of nitrogens with zero attached hydrogens (tertiary/aromatic N) is 1. The number of urea groups is 1. The molecule has 1 aromatic carbocycles. The summed E-state index contributed by atoms with van der Waals surface area (Å²) in [5.74, 6) is 0. The van der Waals surface area contributed by atoms with Crippen LogP contribution in [0.15, 0.2) is 24.3 Å². The van der Waals surface area contributed by atoms with Crippen molar-refractivity contribution in [3.63, 3.8) is 0 Å². The Kier molecular flexibility index (Phi) is 6.49. The lowest BCUT2D eigenvalue weighted by Crippen LogP contribution is -2.48. The highest BCUT2D eigenvalue weighted by atomic mass is 16.3. The fourth-order valence-corrected chi connectivity index (χ4v) is 3.33. The summed E-state index contributed by atoms with van der Waals surface area (Å²) in [4.78, 5) is 14.1. The van der Waals surface area contributed by atoms with E-state index >= 15 is 0 Å². The molecule has 1 aromatic rings. The first-order chi connectivity index (χ1) is 11.4. The number of benzene rings is 1. The maximum absolute atomic E-state index is 12.0. The molecule has 2 unspecified atom stereocenters. The summed E-state index contributed by atoms with van der Waals surface area (Å²) in [6.45, 7) is 2.83. The van der Waals surface area contributed by atoms with Crippen LogP contribution in [0.3, 0.4) is 0 Å². The first-order valence-electron chi connectivity index (χ1n) is 8.86. The molecule has 1 aliphatic rings. The molecule has 0 heterocycles. The summed E-state index contributed by atoms with van der Waals surface area (Å²) >= 11 is 0. The first kappa shape index (κ1) is 18.6. The maximum Gasteiger partial charge on any atom is 0.315 e. The highest BCUT2D eigenvalue weighted by molar-refractivity contribution is 5.74. The molecule has 0 aromatic heterocycles. The lowest BCUT2D eigenvalue weighted by atomic mass is 9.86. The van der Waals surface area contributed by atoms with E-state index in [9.17, 15) is 9.90 Å². The number of hydrogen-bond acceptors (Lipinski definition) is 3. The van der Waals surface area contributed by atoms with Gasteiger partial charge in [-0.2, -0.15) is 0 Å². The third-order valence-corrected chi connectivity index (χ3v) is 5.13. The third-order valence-electron chi connectivity index (χ3n) is 5.13. The predicted molar refractivity (Wildman–Crippen MR) is 98.5 cm³/mol. The zero-order valence-electron chi connectivity index (χ0n) is 15.1. The van der Waals surface area contributed by atoms with Gasteiger partial charge in [-0.3, -0.25) is 0 Å². The number of carbonyl (C=O) groups excluding carboxylic acids is 1. The monoisotopic (exact) mass is 333 g/mol. The predicted octanol–water partition coefficient (Wildman–Crippen LogP) is 2.54. The molecule has 0 radical (unpaired) electrons. The Bertz CT molecular complexity index is 530. The van der Waals surface area contributed by atoms with E-state index in [0.29, 0.717) is 6.54 Å². The van der Waals surface area contributed by atoms with Gasteiger partial charge in [0, 0.05) is 37.8 Å². The summed E-state index contributed by atoms with van der Waals surface area (Å²) in [5.41, 5.74) is 2.30. The van der Waals surface area contributed by atoms with E-state index in [2.05, 4.69) is 39.8 Å². The number of anilines is 1. The molecule has 0 saturated heterocycles. The first-order valence-corrected chi connectivity index (χ1v) is 8.86. The van der Waals surface area contributed by atoms with Crippen LogP contribution in [0, 0.1) is 5.41 Å². The molecule has 5 nitrogen and oxygen atoms in total. The highest BCUT2D eigenvalue weighted by Crippen LogP contribution is 2.37. The molecule has 5 heteroatoms. The van der Waals surface area contributed by atoms with Gasteiger partial charge in [-0.1, -0.05) is 25.5 Å². The van der Waals surface area contributed by atoms with E-state index in [-0.39, 0.29) is 24.1 Å². The number of amides is 2. The Morgan fingerprint density at radius 2 is 2.04 bits per heavy atom. The Balaban J connectivity index is 1.67. The molecule has 1 aliphatic carbocycles. The standard InChI is InChI=1S/C19H31N3O2/c1-19(14-23)12-4-7-17(19)21-18(24)20-13-5-6-15-8-10-16(11-9-15)22(2)3/h8-11,17,23H,4-7,12-14H2,1-3H3,(H2,20,21,24). The van der Waals surface area contributed by atoms with Crippen molar-refractivity contribution in [3.8, 4) is 0 Å². The zero-order chi connectivity index (χ0) is 17.6. The van der Waals surface area contributed by atoms with Crippen molar-refractivity contribution in [2.75, 3.05) is 32.1 Å². The van der Waals surface area contributed by atoms with Gasteiger partial charge in [0.05, 0.1) is 6.61 Å². The molecule has 2 amide bonds. The fraction of sp³-hybridized carbons (Fsp3) is 0.632. The van der Waals surface area contributed by atoms with Gasteiger partial charge in [-0.05, 0) is 43.4 Å². The van der Waals surface area contributed by atoms with Crippen LogP contribution in [-0.4, -0.2) is 44.4 Å². The zero-order valence-corrected chi connectivity index (χ0v) is 15.1. The quantitative estimate of drug-likeness (QED) is 0.672. The van der Waals surface area contributed by atoms with Crippen molar-refractivity contribution in [2.45, 2.75) is 45.1 Å². The summed E-state index contributed by atoms with van der Waals surface area (Å²) in [6.07, 6.45) is 4.84. The summed E-state index contributed by atoms with van der Waals surface area (Å²) < 4.78 is 0. The fourth-order valence-electron chi connectivity index (χ4n) is 3.33. The van der Waals surface area contributed by atoms with E-state index < -0.39 is 0 Å². The molecule has 2 rings (SSSR count). The van der Waals surface area contributed by atoms with Crippen LogP contribution < -0.4 is 15.5 Å². The van der Waals surface area contributed by atoms with Crippen molar-refractivity contribution < 1.29 is 9.90 Å². The molecule has 0 spiro atoms. The van der Waals surface area contributed by atoms with Crippen LogP contribution in [0.25, 0.3) is 0 Å². The molecule has 0 aliphatic heterocycles. The lowest BCUT2D eigenvalue weighted by molar-refractivity contribution is 0.121. The molecule has 1 saturated carbocycles. The van der Waals surface area contributed by atoms with Crippen molar-refractivity contribution in [1.82, 2.24) is 10.6 Å². The third kappa shape index (κ3) is 4.87. The number of nitrogens with one attached hydrogen (secondary N) is 2. The van der Waals surface area contributed by atoms with Crippen molar-refractivity contribution in [3.05, 3.63) is 29.8 Å².